The molecule has 0 aliphatic rings. The molecule has 1 atom stereocenters. The number of nitrogens with one attached hydrogen (secondary N) is 1. The van der Waals surface area contributed by atoms with Gasteiger partial charge in [-0.15, -0.1) is 11.3 Å². The number of ether oxygens (including phenoxy) is 1. The van der Waals surface area contributed by atoms with Gasteiger partial charge in [-0.3, -0.25) is 9.93 Å². The molecule has 0 saturated carbocycles. The molecule has 0 radical (unpaired) electrons. The Kier molecular flexibility index (Phi) is 16.5. The van der Waals surface area contributed by atoms with Gasteiger partial charge >= 0.3 is 0 Å². The molecular formula is C27H40N4O3S2. The van der Waals surface area contributed by atoms with Crippen molar-refractivity contribution >= 4 is 35.2 Å². The number of carbonyl (C=O) groups excluding carboxylic acids is 1. The van der Waals surface area contributed by atoms with Crippen molar-refractivity contribution in [2.45, 2.75) is 61.0 Å². The zero-order valence-electron chi connectivity index (χ0n) is 22.2. The van der Waals surface area contributed by atoms with Crippen molar-refractivity contribution in [3.8, 4) is 5.75 Å². The van der Waals surface area contributed by atoms with Gasteiger partial charge in [-0.05, 0) is 42.3 Å². The Labute approximate surface area is 224 Å². The molecule has 7 nitrogen and oxygen atoms in total. The second kappa shape index (κ2) is 18.8. The third-order valence-corrected chi connectivity index (χ3v) is 6.37. The second-order valence-electron chi connectivity index (χ2n) is 7.36. The minimum atomic E-state index is -0.102. The Hall–Kier alpha value is -2.46. The topological polar surface area (TPSA) is 99.4 Å². The minimum absolute atomic E-state index is 0.102. The first-order valence-electron chi connectivity index (χ1n) is 12.4. The summed E-state index contributed by atoms with van der Waals surface area (Å²) in [5.74, 6) is 1.67. The maximum Gasteiger partial charge on any atom is 0.208 e. The zero-order valence-corrected chi connectivity index (χ0v) is 23.9. The number of carbonyl (C=O) groups is 1. The number of aromatic nitrogens is 2. The molecule has 3 rings (SSSR count). The molecule has 0 fully saturated rings. The largest absolute Gasteiger partial charge is 0.489 e. The van der Waals surface area contributed by atoms with Gasteiger partial charge in [0.25, 0.3) is 0 Å². The third kappa shape index (κ3) is 10.3. The van der Waals surface area contributed by atoms with Crippen molar-refractivity contribution < 1.29 is 13.7 Å². The van der Waals surface area contributed by atoms with Crippen LogP contribution in [0.5, 0.6) is 5.75 Å². The number of hydrogen-bond acceptors (Lipinski definition) is 9. The first-order valence-corrected chi connectivity index (χ1v) is 14.1. The fourth-order valence-corrected chi connectivity index (χ4v) is 4.28. The Morgan fingerprint density at radius 1 is 1.22 bits per heavy atom. The first kappa shape index (κ1) is 31.6. The van der Waals surface area contributed by atoms with E-state index in [4.69, 9.17) is 14.1 Å². The van der Waals surface area contributed by atoms with Gasteiger partial charge in [0, 0.05) is 18.3 Å². The van der Waals surface area contributed by atoms with Gasteiger partial charge < -0.3 is 14.2 Å². The number of rotatable bonds is 13. The van der Waals surface area contributed by atoms with Crippen LogP contribution in [0.25, 0.3) is 0 Å². The summed E-state index contributed by atoms with van der Waals surface area (Å²) < 4.78 is 11.1. The highest BCUT2D eigenvalue weighted by Crippen LogP contribution is 2.24. The van der Waals surface area contributed by atoms with E-state index in [1.165, 1.54) is 17.7 Å². The van der Waals surface area contributed by atoms with E-state index in [0.29, 0.717) is 41.9 Å². The van der Waals surface area contributed by atoms with Crippen molar-refractivity contribution in [3.05, 3.63) is 69.8 Å². The van der Waals surface area contributed by atoms with Crippen LogP contribution >= 0.6 is 23.6 Å². The van der Waals surface area contributed by atoms with Gasteiger partial charge in [0.2, 0.25) is 5.78 Å². The zero-order chi connectivity index (χ0) is 26.8. The lowest BCUT2D eigenvalue weighted by Crippen LogP contribution is -2.15. The molecule has 0 aliphatic carbocycles. The molecule has 1 aromatic carbocycles. The molecule has 1 unspecified atom stereocenters. The number of hydrogen-bond donors (Lipinski definition) is 2. The van der Waals surface area contributed by atoms with Crippen molar-refractivity contribution in [1.29, 1.82) is 0 Å². The monoisotopic (exact) mass is 532 g/mol. The van der Waals surface area contributed by atoms with Crippen LogP contribution in [0.15, 0.2) is 48.2 Å². The number of nitrogens with zero attached hydrogens (tertiary/aromatic N) is 2. The molecule has 3 aromatic rings. The van der Waals surface area contributed by atoms with Gasteiger partial charge in [-0.2, -0.15) is 0 Å². The summed E-state index contributed by atoms with van der Waals surface area (Å²) in [7, 11) is 0. The Balaban J connectivity index is 0.00000154. The summed E-state index contributed by atoms with van der Waals surface area (Å²) in [6.45, 7) is 13.8. The van der Waals surface area contributed by atoms with Gasteiger partial charge in [0.05, 0.1) is 29.3 Å². The molecular weight excluding hydrogens is 492 g/mol. The van der Waals surface area contributed by atoms with E-state index in [0.717, 1.165) is 41.9 Å². The number of benzene rings is 1. The van der Waals surface area contributed by atoms with E-state index in [2.05, 4.69) is 22.2 Å². The van der Waals surface area contributed by atoms with Crippen molar-refractivity contribution in [2.75, 3.05) is 18.5 Å². The lowest BCUT2D eigenvalue weighted by Gasteiger charge is -2.15. The highest BCUT2D eigenvalue weighted by atomic mass is 32.2. The van der Waals surface area contributed by atoms with Crippen molar-refractivity contribution in [3.63, 3.8) is 0 Å². The number of nitrogens with two attached hydrogens (primary N) is 1. The smallest absolute Gasteiger partial charge is 0.208 e. The standard InChI is InChI=1S/C23H28N4O3S2.2C2H6/c1-3-17(13-30-32-24)8-9-26-23-19(11-25-15-27-23)22(28)21-10-18(14-31-21)12-29-20-7-5-4-6-16(20)2;2*1-2/h4-7,10-11,14-15,17H,3,8-9,12-13,24H2,1-2H3,(H,25,26,27);2*1-2H3. The number of ketones is 1. The summed E-state index contributed by atoms with van der Waals surface area (Å²) in [6, 6.07) is 9.75. The SMILES string of the molecule is CC.CC.CCC(CCNc1ncncc1C(=O)c1cc(COc2ccccc2C)cs1)COSN. The van der Waals surface area contributed by atoms with E-state index in [1.807, 2.05) is 70.3 Å². The quantitative estimate of drug-likeness (QED) is 0.137. The van der Waals surface area contributed by atoms with Crippen LogP contribution in [0.1, 0.15) is 73.8 Å². The van der Waals surface area contributed by atoms with E-state index in [1.54, 1.807) is 6.20 Å². The van der Waals surface area contributed by atoms with Crippen LogP contribution in [-0.2, 0) is 10.8 Å². The average Bonchev–Trinajstić information content (AvgIpc) is 3.41. The summed E-state index contributed by atoms with van der Waals surface area (Å²) in [5, 5.41) is 10.6. The fraction of sp³-hybridized carbons (Fsp3) is 0.444. The lowest BCUT2D eigenvalue weighted by molar-refractivity contribution is 0.104. The van der Waals surface area contributed by atoms with Crippen molar-refractivity contribution in [2.24, 2.45) is 11.1 Å². The van der Waals surface area contributed by atoms with E-state index in [9.17, 15) is 4.79 Å². The Morgan fingerprint density at radius 3 is 2.67 bits per heavy atom. The lowest BCUT2D eigenvalue weighted by atomic mass is 10.0. The number of thiophene rings is 1. The third-order valence-electron chi connectivity index (χ3n) is 5.12. The normalized spacial score (nSPS) is 10.9. The van der Waals surface area contributed by atoms with Gasteiger partial charge in [0.1, 0.15) is 24.5 Å². The Morgan fingerprint density at radius 2 is 1.97 bits per heavy atom. The number of aryl methyl sites for hydroxylation is 1. The molecule has 198 valence electrons. The maximum atomic E-state index is 13.1. The molecule has 2 heterocycles. The summed E-state index contributed by atoms with van der Waals surface area (Å²) in [6.07, 6.45) is 4.88. The molecule has 0 saturated heterocycles. The van der Waals surface area contributed by atoms with Crippen LogP contribution in [0.2, 0.25) is 0 Å². The van der Waals surface area contributed by atoms with Crippen LogP contribution in [-0.4, -0.2) is 28.9 Å². The Bertz CT molecular complexity index is 1010. The van der Waals surface area contributed by atoms with E-state index < -0.39 is 0 Å². The molecule has 2 aromatic heterocycles. The summed E-state index contributed by atoms with van der Waals surface area (Å²) in [5.41, 5.74) is 2.49. The van der Waals surface area contributed by atoms with Crippen LogP contribution < -0.4 is 15.2 Å². The highest BCUT2D eigenvalue weighted by Gasteiger charge is 2.18. The molecule has 0 bridgehead atoms. The number of para-hydroxylation sites is 1. The van der Waals surface area contributed by atoms with Crippen LogP contribution in [0.3, 0.4) is 0 Å². The van der Waals surface area contributed by atoms with E-state index >= 15 is 0 Å². The fourth-order valence-electron chi connectivity index (χ4n) is 3.15. The minimum Gasteiger partial charge on any atom is -0.489 e. The first-order chi connectivity index (χ1) is 17.6. The van der Waals surface area contributed by atoms with Gasteiger partial charge in [-0.1, -0.05) is 59.2 Å². The number of anilines is 1. The second-order valence-corrected chi connectivity index (χ2v) is 8.70. The molecule has 3 N–H and O–H groups in total. The van der Waals surface area contributed by atoms with Gasteiger partial charge in [-0.25, -0.2) is 9.97 Å². The molecule has 0 amide bonds. The van der Waals surface area contributed by atoms with Crippen LogP contribution in [0, 0.1) is 12.8 Å². The van der Waals surface area contributed by atoms with Gasteiger partial charge in [0.15, 0.2) is 0 Å². The van der Waals surface area contributed by atoms with Crippen molar-refractivity contribution in [1.82, 2.24) is 9.97 Å². The average molecular weight is 533 g/mol. The van der Waals surface area contributed by atoms with E-state index in [-0.39, 0.29) is 5.78 Å². The molecule has 0 spiro atoms. The maximum absolute atomic E-state index is 13.1. The predicted molar refractivity (Wildman–Crippen MR) is 153 cm³/mol. The molecule has 0 aliphatic heterocycles. The predicted octanol–water partition coefficient (Wildman–Crippen LogP) is 7.08. The summed E-state index contributed by atoms with van der Waals surface area (Å²) in [4.78, 5) is 22.1. The molecule has 9 heteroatoms. The highest BCUT2D eigenvalue weighted by molar-refractivity contribution is 7.92. The summed E-state index contributed by atoms with van der Waals surface area (Å²) >= 11 is 2.29. The molecule has 36 heavy (non-hydrogen) atoms. The van der Waals surface area contributed by atoms with Crippen LogP contribution in [0.4, 0.5) is 5.82 Å².